The lowest BCUT2D eigenvalue weighted by Crippen LogP contribution is -2.05. The zero-order chi connectivity index (χ0) is 13.3. The molecule has 0 unspecified atom stereocenters. The predicted octanol–water partition coefficient (Wildman–Crippen LogP) is 4.44. The molecule has 0 spiro atoms. The highest BCUT2D eigenvalue weighted by Gasteiger charge is 2.15. The molecule has 92 valence electrons. The van der Waals surface area contributed by atoms with E-state index in [1.54, 1.807) is 19.1 Å². The monoisotopic (exact) mass is 306 g/mol. The number of halogens is 2. The zero-order valence-corrected chi connectivity index (χ0v) is 11.7. The number of aryl methyl sites for hydroxylation is 2. The summed E-state index contributed by atoms with van der Waals surface area (Å²) < 4.78 is 14.0. The van der Waals surface area contributed by atoms with Crippen LogP contribution in [0.5, 0.6) is 0 Å². The molecule has 2 aromatic carbocycles. The van der Waals surface area contributed by atoms with Crippen LogP contribution in [0.15, 0.2) is 40.9 Å². The maximum atomic E-state index is 13.2. The first-order valence-electron chi connectivity index (χ1n) is 5.56. The molecule has 1 nitrogen and oxygen atoms in total. The number of carbonyl (C=O) groups excluding carboxylic acids is 1. The molecule has 0 saturated heterocycles. The van der Waals surface area contributed by atoms with Gasteiger partial charge in [-0.2, -0.15) is 0 Å². The Labute approximate surface area is 114 Å². The van der Waals surface area contributed by atoms with E-state index >= 15 is 0 Å². The van der Waals surface area contributed by atoms with Crippen molar-refractivity contribution >= 4 is 21.7 Å². The van der Waals surface area contributed by atoms with Crippen LogP contribution >= 0.6 is 15.9 Å². The van der Waals surface area contributed by atoms with Crippen LogP contribution in [0.1, 0.15) is 27.0 Å². The lowest BCUT2D eigenvalue weighted by Gasteiger charge is -2.07. The first kappa shape index (κ1) is 13.0. The number of hydrogen-bond donors (Lipinski definition) is 0. The third kappa shape index (κ3) is 2.51. The average Bonchev–Trinajstić information content (AvgIpc) is 2.31. The Morgan fingerprint density at radius 1 is 1.06 bits per heavy atom. The third-order valence-corrected chi connectivity index (χ3v) is 3.47. The van der Waals surface area contributed by atoms with E-state index in [0.717, 1.165) is 15.6 Å². The van der Waals surface area contributed by atoms with Crippen LogP contribution in [-0.2, 0) is 0 Å². The van der Waals surface area contributed by atoms with Crippen molar-refractivity contribution < 1.29 is 9.18 Å². The highest BCUT2D eigenvalue weighted by molar-refractivity contribution is 9.10. The Kier molecular flexibility index (Phi) is 3.62. The molecule has 18 heavy (non-hydrogen) atoms. The fourth-order valence-electron chi connectivity index (χ4n) is 1.79. The summed E-state index contributed by atoms with van der Waals surface area (Å²) in [7, 11) is 0. The van der Waals surface area contributed by atoms with Gasteiger partial charge in [0.15, 0.2) is 5.78 Å². The van der Waals surface area contributed by atoms with Gasteiger partial charge in [-0.25, -0.2) is 4.39 Å². The SMILES string of the molecule is Cc1ccc(C(=O)c2cc(F)ccc2C)c(Br)c1. The van der Waals surface area contributed by atoms with E-state index in [9.17, 15) is 9.18 Å². The van der Waals surface area contributed by atoms with E-state index in [2.05, 4.69) is 15.9 Å². The summed E-state index contributed by atoms with van der Waals surface area (Å²) >= 11 is 3.37. The Balaban J connectivity index is 2.51. The van der Waals surface area contributed by atoms with Gasteiger partial charge in [0.25, 0.3) is 0 Å². The van der Waals surface area contributed by atoms with Gasteiger partial charge in [-0.15, -0.1) is 0 Å². The van der Waals surface area contributed by atoms with E-state index in [0.29, 0.717) is 11.1 Å². The largest absolute Gasteiger partial charge is 0.289 e. The molecule has 0 aromatic heterocycles. The second-order valence-corrected chi connectivity index (χ2v) is 5.13. The van der Waals surface area contributed by atoms with Crippen molar-refractivity contribution in [2.75, 3.05) is 0 Å². The van der Waals surface area contributed by atoms with Gasteiger partial charge in [-0.1, -0.05) is 28.1 Å². The minimum atomic E-state index is -0.396. The van der Waals surface area contributed by atoms with Crippen LogP contribution in [0.25, 0.3) is 0 Å². The summed E-state index contributed by atoms with van der Waals surface area (Å²) in [5, 5.41) is 0. The summed E-state index contributed by atoms with van der Waals surface area (Å²) in [4.78, 5) is 12.4. The molecule has 0 amide bonds. The molecule has 0 bridgehead atoms. The van der Waals surface area contributed by atoms with Gasteiger partial charge >= 0.3 is 0 Å². The molecular formula is C15H12BrFO. The standard InChI is InChI=1S/C15H12BrFO/c1-9-3-6-12(14(16)7-9)15(18)13-8-11(17)5-4-10(13)2/h3-8H,1-2H3. The summed E-state index contributed by atoms with van der Waals surface area (Å²) in [6.07, 6.45) is 0. The van der Waals surface area contributed by atoms with Crippen LogP contribution in [0.2, 0.25) is 0 Å². The highest BCUT2D eigenvalue weighted by Crippen LogP contribution is 2.23. The Morgan fingerprint density at radius 3 is 2.44 bits per heavy atom. The first-order valence-corrected chi connectivity index (χ1v) is 6.35. The van der Waals surface area contributed by atoms with E-state index in [1.165, 1.54) is 12.1 Å². The van der Waals surface area contributed by atoms with Crippen LogP contribution < -0.4 is 0 Å². The van der Waals surface area contributed by atoms with Crippen molar-refractivity contribution in [2.24, 2.45) is 0 Å². The van der Waals surface area contributed by atoms with Gasteiger partial charge in [0.2, 0.25) is 0 Å². The summed E-state index contributed by atoms with van der Waals surface area (Å²) in [5.74, 6) is -0.564. The van der Waals surface area contributed by atoms with Crippen LogP contribution in [0.4, 0.5) is 4.39 Å². The molecule has 0 radical (unpaired) electrons. The van der Waals surface area contributed by atoms with Crippen molar-refractivity contribution in [1.29, 1.82) is 0 Å². The van der Waals surface area contributed by atoms with Gasteiger partial charge in [-0.3, -0.25) is 4.79 Å². The first-order chi connectivity index (χ1) is 8.49. The molecule has 0 fully saturated rings. The minimum absolute atomic E-state index is 0.168. The number of hydrogen-bond acceptors (Lipinski definition) is 1. The normalized spacial score (nSPS) is 10.4. The molecular weight excluding hydrogens is 295 g/mol. The molecule has 0 aliphatic rings. The van der Waals surface area contributed by atoms with Crippen LogP contribution in [0.3, 0.4) is 0 Å². The van der Waals surface area contributed by atoms with Gasteiger partial charge < -0.3 is 0 Å². The van der Waals surface area contributed by atoms with Gasteiger partial charge in [-0.05, 0) is 49.2 Å². The molecule has 2 aromatic rings. The maximum Gasteiger partial charge on any atom is 0.194 e. The second-order valence-electron chi connectivity index (χ2n) is 4.27. The molecule has 0 saturated carbocycles. The van der Waals surface area contributed by atoms with Crippen LogP contribution in [0, 0.1) is 19.7 Å². The molecule has 0 heterocycles. The van der Waals surface area contributed by atoms with Crippen molar-refractivity contribution in [2.45, 2.75) is 13.8 Å². The Morgan fingerprint density at radius 2 is 1.78 bits per heavy atom. The quantitative estimate of drug-likeness (QED) is 0.750. The summed E-state index contributed by atoms with van der Waals surface area (Å²) in [6, 6.07) is 9.76. The molecule has 0 aliphatic heterocycles. The van der Waals surface area contributed by atoms with Crippen molar-refractivity contribution in [1.82, 2.24) is 0 Å². The topological polar surface area (TPSA) is 17.1 Å². The number of benzene rings is 2. The average molecular weight is 307 g/mol. The molecule has 2 rings (SSSR count). The third-order valence-electron chi connectivity index (χ3n) is 2.81. The number of rotatable bonds is 2. The predicted molar refractivity (Wildman–Crippen MR) is 73.4 cm³/mol. The summed E-state index contributed by atoms with van der Waals surface area (Å²) in [6.45, 7) is 3.75. The van der Waals surface area contributed by atoms with Gasteiger partial charge in [0, 0.05) is 15.6 Å². The Hall–Kier alpha value is -1.48. The van der Waals surface area contributed by atoms with Gasteiger partial charge in [0.1, 0.15) is 5.82 Å². The van der Waals surface area contributed by atoms with Crippen LogP contribution in [-0.4, -0.2) is 5.78 Å². The fraction of sp³-hybridized carbons (Fsp3) is 0.133. The molecule has 0 aliphatic carbocycles. The van der Waals surface area contributed by atoms with E-state index in [1.807, 2.05) is 19.1 Å². The molecule has 0 atom stereocenters. The smallest absolute Gasteiger partial charge is 0.194 e. The van der Waals surface area contributed by atoms with Crippen molar-refractivity contribution in [3.63, 3.8) is 0 Å². The van der Waals surface area contributed by atoms with E-state index < -0.39 is 5.82 Å². The highest BCUT2D eigenvalue weighted by atomic mass is 79.9. The molecule has 0 N–H and O–H groups in total. The fourth-order valence-corrected chi connectivity index (χ4v) is 2.46. The second kappa shape index (κ2) is 5.02. The lowest BCUT2D eigenvalue weighted by atomic mass is 9.98. The lowest BCUT2D eigenvalue weighted by molar-refractivity contribution is 0.103. The molecule has 3 heteroatoms. The number of ketones is 1. The van der Waals surface area contributed by atoms with Crippen molar-refractivity contribution in [3.05, 3.63) is 68.9 Å². The zero-order valence-electron chi connectivity index (χ0n) is 10.1. The van der Waals surface area contributed by atoms with E-state index in [4.69, 9.17) is 0 Å². The van der Waals surface area contributed by atoms with Gasteiger partial charge in [0.05, 0.1) is 0 Å². The minimum Gasteiger partial charge on any atom is -0.289 e. The van der Waals surface area contributed by atoms with Crippen molar-refractivity contribution in [3.8, 4) is 0 Å². The summed E-state index contributed by atoms with van der Waals surface area (Å²) in [5.41, 5.74) is 2.79. The number of carbonyl (C=O) groups is 1. The van der Waals surface area contributed by atoms with E-state index in [-0.39, 0.29) is 5.78 Å². The maximum absolute atomic E-state index is 13.2. The Bertz CT molecular complexity index is 620.